The van der Waals surface area contributed by atoms with E-state index in [-0.39, 0.29) is 17.8 Å². The lowest BCUT2D eigenvalue weighted by Gasteiger charge is -2.30. The molecule has 24 heavy (non-hydrogen) atoms. The van der Waals surface area contributed by atoms with Gasteiger partial charge in [-0.15, -0.1) is 0 Å². The number of hydrogen-bond acceptors (Lipinski definition) is 3. The molecule has 0 spiro atoms. The van der Waals surface area contributed by atoms with Crippen molar-refractivity contribution in [1.29, 1.82) is 0 Å². The van der Waals surface area contributed by atoms with E-state index >= 15 is 0 Å². The predicted molar refractivity (Wildman–Crippen MR) is 94.4 cm³/mol. The molecule has 1 atom stereocenters. The van der Waals surface area contributed by atoms with Crippen LogP contribution in [-0.2, 0) is 22.7 Å². The van der Waals surface area contributed by atoms with E-state index in [1.165, 1.54) is 0 Å². The van der Waals surface area contributed by atoms with E-state index in [1.807, 2.05) is 63.2 Å². The van der Waals surface area contributed by atoms with E-state index in [0.29, 0.717) is 13.2 Å². The summed E-state index contributed by atoms with van der Waals surface area (Å²) in [6.07, 6.45) is -0.248. The fourth-order valence-electron chi connectivity index (χ4n) is 2.21. The van der Waals surface area contributed by atoms with E-state index in [4.69, 9.17) is 4.74 Å². The number of phenolic OH excluding ortho intramolecular Hbond substituents is 1. The standard InChI is InChI=1S/C20H25NO3/c1-15(24-14-17-9-11-18(22)12-10-17)20(2,3)19(23)21-13-16-7-5-4-6-8-16/h4-12,15,22H,13-14H2,1-3H3,(H,21,23). The number of rotatable bonds is 7. The molecule has 0 aliphatic rings. The maximum Gasteiger partial charge on any atom is 0.228 e. The Labute approximate surface area is 143 Å². The number of carbonyl (C=O) groups excluding carboxylic acids is 1. The lowest BCUT2D eigenvalue weighted by atomic mass is 9.86. The number of aromatic hydroxyl groups is 1. The molecular formula is C20H25NO3. The van der Waals surface area contributed by atoms with E-state index in [0.717, 1.165) is 11.1 Å². The first kappa shape index (κ1) is 18.0. The molecule has 2 N–H and O–H groups in total. The van der Waals surface area contributed by atoms with Gasteiger partial charge in [-0.05, 0) is 44.0 Å². The average Bonchev–Trinajstić information content (AvgIpc) is 2.59. The van der Waals surface area contributed by atoms with Gasteiger partial charge in [0.25, 0.3) is 0 Å². The molecule has 0 bridgehead atoms. The Kier molecular flexibility index (Phi) is 5.99. The molecule has 2 aromatic carbocycles. The maximum absolute atomic E-state index is 12.5. The number of phenols is 1. The van der Waals surface area contributed by atoms with Crippen LogP contribution in [0.2, 0.25) is 0 Å². The minimum Gasteiger partial charge on any atom is -0.508 e. The molecule has 1 unspecified atom stereocenters. The number of ether oxygens (including phenoxy) is 1. The van der Waals surface area contributed by atoms with Gasteiger partial charge in [0, 0.05) is 6.54 Å². The zero-order valence-corrected chi connectivity index (χ0v) is 14.5. The molecule has 0 saturated carbocycles. The van der Waals surface area contributed by atoms with Crippen molar-refractivity contribution in [2.75, 3.05) is 0 Å². The fraction of sp³-hybridized carbons (Fsp3) is 0.350. The summed E-state index contributed by atoms with van der Waals surface area (Å²) in [5.41, 5.74) is 1.38. The van der Waals surface area contributed by atoms with Crippen molar-refractivity contribution >= 4 is 5.91 Å². The number of benzene rings is 2. The van der Waals surface area contributed by atoms with Gasteiger partial charge in [-0.2, -0.15) is 0 Å². The zero-order valence-electron chi connectivity index (χ0n) is 14.5. The summed E-state index contributed by atoms with van der Waals surface area (Å²) in [4.78, 5) is 12.5. The van der Waals surface area contributed by atoms with Crippen LogP contribution in [0.4, 0.5) is 0 Å². The number of carbonyl (C=O) groups is 1. The van der Waals surface area contributed by atoms with Gasteiger partial charge in [-0.1, -0.05) is 42.5 Å². The molecule has 2 aromatic rings. The van der Waals surface area contributed by atoms with Crippen LogP contribution in [0.5, 0.6) is 5.75 Å². The van der Waals surface area contributed by atoms with Crippen molar-refractivity contribution in [3.8, 4) is 5.75 Å². The van der Waals surface area contributed by atoms with Gasteiger partial charge in [0.1, 0.15) is 5.75 Å². The number of amides is 1. The predicted octanol–water partition coefficient (Wildman–Crippen LogP) is 3.64. The highest BCUT2D eigenvalue weighted by Gasteiger charge is 2.34. The second kappa shape index (κ2) is 7.97. The fourth-order valence-corrected chi connectivity index (χ4v) is 2.21. The second-order valence-electron chi connectivity index (χ2n) is 6.51. The Bertz CT molecular complexity index is 650. The van der Waals surface area contributed by atoms with Gasteiger partial charge < -0.3 is 15.2 Å². The Morgan fingerprint density at radius 2 is 1.71 bits per heavy atom. The summed E-state index contributed by atoms with van der Waals surface area (Å²) < 4.78 is 5.86. The Morgan fingerprint density at radius 3 is 2.33 bits per heavy atom. The average molecular weight is 327 g/mol. The molecule has 128 valence electrons. The van der Waals surface area contributed by atoms with Gasteiger partial charge in [-0.3, -0.25) is 4.79 Å². The van der Waals surface area contributed by atoms with Gasteiger partial charge in [0.15, 0.2) is 0 Å². The maximum atomic E-state index is 12.5. The molecule has 0 aliphatic carbocycles. The highest BCUT2D eigenvalue weighted by Crippen LogP contribution is 2.25. The van der Waals surface area contributed by atoms with Gasteiger partial charge >= 0.3 is 0 Å². The topological polar surface area (TPSA) is 58.6 Å². The zero-order chi connectivity index (χ0) is 17.6. The minimum absolute atomic E-state index is 0.0374. The van der Waals surface area contributed by atoms with Crippen molar-refractivity contribution in [3.63, 3.8) is 0 Å². The SMILES string of the molecule is CC(OCc1ccc(O)cc1)C(C)(C)C(=O)NCc1ccccc1. The van der Waals surface area contributed by atoms with Crippen molar-refractivity contribution in [2.24, 2.45) is 5.41 Å². The molecule has 0 aromatic heterocycles. The molecule has 0 fully saturated rings. The van der Waals surface area contributed by atoms with Gasteiger partial charge in [0.05, 0.1) is 18.1 Å². The summed E-state index contributed by atoms with van der Waals surface area (Å²) in [5.74, 6) is 0.192. The molecule has 0 heterocycles. The molecule has 1 amide bonds. The van der Waals surface area contributed by atoms with Crippen LogP contribution in [0.15, 0.2) is 54.6 Å². The van der Waals surface area contributed by atoms with Crippen molar-refractivity contribution in [2.45, 2.75) is 40.0 Å². The van der Waals surface area contributed by atoms with Crippen molar-refractivity contribution in [3.05, 3.63) is 65.7 Å². The monoisotopic (exact) mass is 327 g/mol. The van der Waals surface area contributed by atoms with Crippen LogP contribution >= 0.6 is 0 Å². The smallest absolute Gasteiger partial charge is 0.228 e. The largest absolute Gasteiger partial charge is 0.508 e. The summed E-state index contributed by atoms with van der Waals surface area (Å²) in [5, 5.41) is 12.3. The third kappa shape index (κ3) is 4.83. The minimum atomic E-state index is -0.647. The quantitative estimate of drug-likeness (QED) is 0.816. The lowest BCUT2D eigenvalue weighted by molar-refractivity contribution is -0.138. The van der Waals surface area contributed by atoms with Crippen LogP contribution in [0.25, 0.3) is 0 Å². The first-order valence-corrected chi connectivity index (χ1v) is 8.11. The Morgan fingerprint density at radius 1 is 1.08 bits per heavy atom. The number of nitrogens with one attached hydrogen (secondary N) is 1. The molecule has 4 nitrogen and oxygen atoms in total. The summed E-state index contributed by atoms with van der Waals surface area (Å²) in [7, 11) is 0. The van der Waals surface area contributed by atoms with E-state index in [2.05, 4.69) is 5.32 Å². The molecule has 2 rings (SSSR count). The van der Waals surface area contributed by atoms with Crippen molar-refractivity contribution in [1.82, 2.24) is 5.32 Å². The Hall–Kier alpha value is -2.33. The molecule has 0 aliphatic heterocycles. The molecular weight excluding hydrogens is 302 g/mol. The molecule has 4 heteroatoms. The van der Waals surface area contributed by atoms with Gasteiger partial charge in [-0.25, -0.2) is 0 Å². The molecule has 0 radical (unpaired) electrons. The third-order valence-electron chi connectivity index (χ3n) is 4.33. The Balaban J connectivity index is 1.87. The highest BCUT2D eigenvalue weighted by atomic mass is 16.5. The lowest BCUT2D eigenvalue weighted by Crippen LogP contribution is -2.44. The van der Waals surface area contributed by atoms with Crippen LogP contribution in [-0.4, -0.2) is 17.1 Å². The van der Waals surface area contributed by atoms with Crippen LogP contribution < -0.4 is 5.32 Å². The van der Waals surface area contributed by atoms with Crippen LogP contribution in [0, 0.1) is 5.41 Å². The van der Waals surface area contributed by atoms with Gasteiger partial charge in [0.2, 0.25) is 5.91 Å². The van der Waals surface area contributed by atoms with E-state index in [9.17, 15) is 9.90 Å². The number of hydrogen-bond donors (Lipinski definition) is 2. The van der Waals surface area contributed by atoms with Crippen LogP contribution in [0.3, 0.4) is 0 Å². The first-order chi connectivity index (χ1) is 11.4. The van der Waals surface area contributed by atoms with Crippen molar-refractivity contribution < 1.29 is 14.6 Å². The first-order valence-electron chi connectivity index (χ1n) is 8.11. The van der Waals surface area contributed by atoms with Crippen LogP contribution in [0.1, 0.15) is 31.9 Å². The highest BCUT2D eigenvalue weighted by molar-refractivity contribution is 5.82. The summed E-state index contributed by atoms with van der Waals surface area (Å²) >= 11 is 0. The summed E-state index contributed by atoms with van der Waals surface area (Å²) in [6, 6.07) is 16.7. The second-order valence-corrected chi connectivity index (χ2v) is 6.51. The molecule has 0 saturated heterocycles. The third-order valence-corrected chi connectivity index (χ3v) is 4.33. The van der Waals surface area contributed by atoms with E-state index < -0.39 is 5.41 Å². The van der Waals surface area contributed by atoms with E-state index in [1.54, 1.807) is 12.1 Å². The summed E-state index contributed by atoms with van der Waals surface area (Å²) in [6.45, 7) is 6.58. The normalized spacial score (nSPS) is 12.6.